The van der Waals surface area contributed by atoms with E-state index in [0.717, 1.165) is 64.0 Å². The van der Waals surface area contributed by atoms with E-state index in [4.69, 9.17) is 9.47 Å². The Morgan fingerprint density at radius 1 is 1.19 bits per heavy atom. The minimum atomic E-state index is -0.511. The Morgan fingerprint density at radius 2 is 1.84 bits per heavy atom. The van der Waals surface area contributed by atoms with Gasteiger partial charge >= 0.3 is 6.09 Å². The van der Waals surface area contributed by atoms with Crippen molar-refractivity contribution in [2.24, 2.45) is 10.9 Å². The average molecular weight is 562 g/mol. The molecule has 8 nitrogen and oxygen atoms in total. The van der Waals surface area contributed by atoms with Gasteiger partial charge in [0, 0.05) is 45.5 Å². The molecular formula is C23H40IN5O3. The molecule has 2 rings (SSSR count). The second-order valence-corrected chi connectivity index (χ2v) is 8.97. The quantitative estimate of drug-likeness (QED) is 0.257. The molecule has 0 radical (unpaired) electrons. The van der Waals surface area contributed by atoms with Crippen LogP contribution in [0.4, 0.5) is 10.5 Å². The number of rotatable bonds is 8. The summed E-state index contributed by atoms with van der Waals surface area (Å²) in [6.07, 6.45) is 0.413. The first-order chi connectivity index (χ1) is 14.7. The molecule has 182 valence electrons. The highest BCUT2D eigenvalue weighted by atomic mass is 127. The molecular weight excluding hydrogens is 521 g/mol. The lowest BCUT2D eigenvalue weighted by atomic mass is 10.1. The molecule has 3 N–H and O–H groups in total. The number of anilines is 1. The highest BCUT2D eigenvalue weighted by Crippen LogP contribution is 2.13. The highest BCUT2D eigenvalue weighted by molar-refractivity contribution is 14.0. The first kappa shape index (κ1) is 28.4. The zero-order chi connectivity index (χ0) is 22.7. The van der Waals surface area contributed by atoms with Crippen molar-refractivity contribution >= 4 is 41.7 Å². The van der Waals surface area contributed by atoms with Gasteiger partial charge in [0.25, 0.3) is 0 Å². The second-order valence-electron chi connectivity index (χ2n) is 8.97. The minimum absolute atomic E-state index is 0. The summed E-state index contributed by atoms with van der Waals surface area (Å²) in [6, 6.07) is 7.79. The predicted molar refractivity (Wildman–Crippen MR) is 141 cm³/mol. The number of carbonyl (C=O) groups is 1. The smallest absolute Gasteiger partial charge is 0.412 e. The van der Waals surface area contributed by atoms with Gasteiger partial charge in [-0.3, -0.25) is 15.2 Å². The number of hydrogen-bond acceptors (Lipinski definition) is 5. The number of guanidine groups is 1. The number of morpholine rings is 1. The van der Waals surface area contributed by atoms with E-state index in [1.54, 1.807) is 7.05 Å². The van der Waals surface area contributed by atoms with Gasteiger partial charge < -0.3 is 20.1 Å². The fourth-order valence-electron chi connectivity index (χ4n) is 3.28. The van der Waals surface area contributed by atoms with Crippen LogP contribution < -0.4 is 16.0 Å². The molecule has 1 fully saturated rings. The monoisotopic (exact) mass is 561 g/mol. The Balaban J connectivity index is 0.00000512. The van der Waals surface area contributed by atoms with Gasteiger partial charge in [0.05, 0.1) is 13.2 Å². The van der Waals surface area contributed by atoms with E-state index in [2.05, 4.69) is 32.8 Å². The van der Waals surface area contributed by atoms with E-state index in [0.29, 0.717) is 5.92 Å². The number of ether oxygens (including phenoxy) is 2. The summed E-state index contributed by atoms with van der Waals surface area (Å²) < 4.78 is 10.7. The molecule has 1 unspecified atom stereocenters. The molecule has 1 saturated heterocycles. The molecule has 1 aromatic rings. The molecule has 1 atom stereocenters. The van der Waals surface area contributed by atoms with Crippen LogP contribution in [0.25, 0.3) is 0 Å². The maximum absolute atomic E-state index is 11.8. The summed E-state index contributed by atoms with van der Waals surface area (Å²) in [6.45, 7) is 14.2. The van der Waals surface area contributed by atoms with Gasteiger partial charge in [0.2, 0.25) is 0 Å². The van der Waals surface area contributed by atoms with Crippen LogP contribution in [0.5, 0.6) is 0 Å². The minimum Gasteiger partial charge on any atom is -0.444 e. The molecule has 1 aliphatic heterocycles. The fourth-order valence-corrected chi connectivity index (χ4v) is 3.28. The summed E-state index contributed by atoms with van der Waals surface area (Å²) in [4.78, 5) is 18.6. The number of nitrogens with one attached hydrogen (secondary N) is 3. The Labute approximate surface area is 209 Å². The van der Waals surface area contributed by atoms with Crippen molar-refractivity contribution < 1.29 is 14.3 Å². The van der Waals surface area contributed by atoms with Crippen molar-refractivity contribution in [1.82, 2.24) is 15.5 Å². The maximum Gasteiger partial charge on any atom is 0.412 e. The summed E-state index contributed by atoms with van der Waals surface area (Å²) in [5.74, 6) is 1.35. The molecule has 0 saturated carbocycles. The summed E-state index contributed by atoms with van der Waals surface area (Å²) in [5, 5.41) is 9.53. The van der Waals surface area contributed by atoms with E-state index in [1.807, 2.05) is 45.0 Å². The number of amides is 1. The van der Waals surface area contributed by atoms with Crippen molar-refractivity contribution in [3.8, 4) is 0 Å². The second kappa shape index (κ2) is 14.5. The van der Waals surface area contributed by atoms with Crippen LogP contribution in [0.1, 0.15) is 33.3 Å². The number of nitrogens with zero attached hydrogens (tertiary/aromatic N) is 2. The zero-order valence-electron chi connectivity index (χ0n) is 20.1. The molecule has 0 bridgehead atoms. The van der Waals surface area contributed by atoms with Crippen molar-refractivity contribution in [2.45, 2.75) is 39.7 Å². The normalized spacial score (nSPS) is 16.0. The van der Waals surface area contributed by atoms with E-state index < -0.39 is 11.7 Å². The van der Waals surface area contributed by atoms with Gasteiger partial charge in [0.15, 0.2) is 5.96 Å². The van der Waals surface area contributed by atoms with Gasteiger partial charge in [-0.05, 0) is 50.8 Å². The molecule has 9 heteroatoms. The van der Waals surface area contributed by atoms with Crippen LogP contribution >= 0.6 is 24.0 Å². The molecule has 1 heterocycles. The Morgan fingerprint density at radius 3 is 2.44 bits per heavy atom. The highest BCUT2D eigenvalue weighted by Gasteiger charge is 2.16. The lowest BCUT2D eigenvalue weighted by Gasteiger charge is -2.29. The SMILES string of the molecule is CN=C(NCCc1ccc(NC(=O)OC(C)(C)C)cc1)NCC(C)CN1CCOCC1.I. The number of halogens is 1. The Kier molecular flexibility index (Phi) is 12.9. The van der Waals surface area contributed by atoms with Crippen LogP contribution in [-0.2, 0) is 15.9 Å². The fraction of sp³-hybridized carbons (Fsp3) is 0.652. The van der Waals surface area contributed by atoms with Crippen molar-refractivity contribution in [3.05, 3.63) is 29.8 Å². The lowest BCUT2D eigenvalue weighted by molar-refractivity contribution is 0.0320. The van der Waals surface area contributed by atoms with Gasteiger partial charge in [-0.25, -0.2) is 4.79 Å². The van der Waals surface area contributed by atoms with Gasteiger partial charge in [0.1, 0.15) is 5.60 Å². The third kappa shape index (κ3) is 11.9. The van der Waals surface area contributed by atoms with E-state index in [1.165, 1.54) is 5.56 Å². The zero-order valence-corrected chi connectivity index (χ0v) is 22.4. The maximum atomic E-state index is 11.8. The Bertz CT molecular complexity index is 701. The molecule has 32 heavy (non-hydrogen) atoms. The molecule has 1 aromatic carbocycles. The van der Waals surface area contributed by atoms with Gasteiger partial charge in [-0.15, -0.1) is 24.0 Å². The first-order valence-corrected chi connectivity index (χ1v) is 11.1. The largest absolute Gasteiger partial charge is 0.444 e. The van der Waals surface area contributed by atoms with Gasteiger partial charge in [-0.1, -0.05) is 19.1 Å². The molecule has 0 aromatic heterocycles. The predicted octanol–water partition coefficient (Wildman–Crippen LogP) is 3.33. The number of hydrogen-bond donors (Lipinski definition) is 3. The van der Waals surface area contributed by atoms with Gasteiger partial charge in [-0.2, -0.15) is 0 Å². The first-order valence-electron chi connectivity index (χ1n) is 11.1. The van der Waals surface area contributed by atoms with Crippen LogP contribution in [0.15, 0.2) is 29.3 Å². The van der Waals surface area contributed by atoms with Crippen LogP contribution in [0, 0.1) is 5.92 Å². The molecule has 1 aliphatic rings. The van der Waals surface area contributed by atoms with Crippen LogP contribution in [-0.4, -0.2) is 75.5 Å². The summed E-state index contributed by atoms with van der Waals surface area (Å²) in [7, 11) is 1.79. The number of aliphatic imine (C=N–C) groups is 1. The molecule has 0 spiro atoms. The Hall–Kier alpha value is -1.59. The molecule has 1 amide bonds. The topological polar surface area (TPSA) is 87.2 Å². The third-order valence-corrected chi connectivity index (χ3v) is 4.82. The van der Waals surface area contributed by atoms with Crippen molar-refractivity contribution in [2.75, 3.05) is 58.3 Å². The summed E-state index contributed by atoms with van der Waals surface area (Å²) >= 11 is 0. The number of benzene rings is 1. The van der Waals surface area contributed by atoms with Crippen molar-refractivity contribution in [3.63, 3.8) is 0 Å². The van der Waals surface area contributed by atoms with Crippen LogP contribution in [0.2, 0.25) is 0 Å². The standard InChI is InChI=1S/C23H39N5O3.HI/c1-18(17-28-12-14-30-15-13-28)16-26-21(24-5)25-11-10-19-6-8-20(9-7-19)27-22(29)31-23(2,3)4;/h6-9,18H,10-17H2,1-5H3,(H,27,29)(H2,24,25,26);1H. The number of carbonyl (C=O) groups excluding carboxylic acids is 1. The average Bonchev–Trinajstić information content (AvgIpc) is 2.71. The van der Waals surface area contributed by atoms with E-state index in [-0.39, 0.29) is 24.0 Å². The van der Waals surface area contributed by atoms with E-state index in [9.17, 15) is 4.79 Å². The lowest BCUT2D eigenvalue weighted by Crippen LogP contribution is -2.44. The molecule has 0 aliphatic carbocycles. The third-order valence-electron chi connectivity index (χ3n) is 4.82. The van der Waals surface area contributed by atoms with Crippen molar-refractivity contribution in [1.29, 1.82) is 0 Å². The van der Waals surface area contributed by atoms with Crippen LogP contribution in [0.3, 0.4) is 0 Å². The van der Waals surface area contributed by atoms with E-state index >= 15 is 0 Å². The summed E-state index contributed by atoms with van der Waals surface area (Å²) in [5.41, 5.74) is 1.39.